The first kappa shape index (κ1) is 10.0. The van der Waals surface area contributed by atoms with E-state index < -0.39 is 0 Å². The minimum atomic E-state index is 0.741. The number of hydrogen-bond donors (Lipinski definition) is 1. The summed E-state index contributed by atoms with van der Waals surface area (Å²) in [7, 11) is 2.09. The van der Waals surface area contributed by atoms with Crippen LogP contribution in [0.3, 0.4) is 0 Å². The predicted octanol–water partition coefficient (Wildman–Crippen LogP) is 1.33. The van der Waals surface area contributed by atoms with Gasteiger partial charge in [-0.25, -0.2) is 0 Å². The van der Waals surface area contributed by atoms with Crippen molar-refractivity contribution in [2.45, 2.75) is 32.7 Å². The van der Waals surface area contributed by atoms with E-state index in [1.165, 1.54) is 32.5 Å². The van der Waals surface area contributed by atoms with Crippen molar-refractivity contribution >= 4 is 0 Å². The summed E-state index contributed by atoms with van der Waals surface area (Å²) in [5, 5.41) is 3.42. The fraction of sp³-hybridized carbons (Fsp3) is 1.00. The molecule has 0 unspecified atom stereocenters. The van der Waals surface area contributed by atoms with Crippen molar-refractivity contribution in [1.29, 1.82) is 0 Å². The fourth-order valence-electron chi connectivity index (χ4n) is 1.73. The smallest absolute Gasteiger partial charge is 0.0220 e. The third kappa shape index (κ3) is 2.76. The number of rotatable bonds is 6. The Morgan fingerprint density at radius 3 is 2.25 bits per heavy atom. The van der Waals surface area contributed by atoms with Gasteiger partial charge in [-0.3, -0.25) is 0 Å². The Balaban J connectivity index is 2.24. The van der Waals surface area contributed by atoms with Gasteiger partial charge in [0.1, 0.15) is 0 Å². The van der Waals surface area contributed by atoms with Crippen LogP contribution in [0, 0.1) is 5.92 Å². The van der Waals surface area contributed by atoms with Crippen molar-refractivity contribution in [1.82, 2.24) is 10.2 Å². The second-order valence-corrected chi connectivity index (χ2v) is 3.72. The quantitative estimate of drug-likeness (QED) is 0.647. The van der Waals surface area contributed by atoms with Crippen LogP contribution in [-0.4, -0.2) is 37.6 Å². The van der Waals surface area contributed by atoms with E-state index in [1.807, 2.05) is 0 Å². The van der Waals surface area contributed by atoms with Crippen LogP contribution in [0.5, 0.6) is 0 Å². The van der Waals surface area contributed by atoms with E-state index >= 15 is 0 Å². The average Bonchev–Trinajstić information content (AvgIpc) is 2.90. The molecular weight excluding hydrogens is 148 g/mol. The molecule has 0 radical (unpaired) electrons. The summed E-state index contributed by atoms with van der Waals surface area (Å²) >= 11 is 0. The molecule has 0 heterocycles. The Labute approximate surface area is 76.3 Å². The molecule has 0 aromatic carbocycles. The van der Waals surface area contributed by atoms with Crippen LogP contribution in [0.1, 0.15) is 26.7 Å². The Hall–Kier alpha value is -0.0800. The molecule has 1 N–H and O–H groups in total. The predicted molar refractivity (Wildman–Crippen MR) is 53.4 cm³/mol. The number of nitrogens with zero attached hydrogens (tertiary/aromatic N) is 1. The van der Waals surface area contributed by atoms with Gasteiger partial charge in [0.25, 0.3) is 0 Å². The summed E-state index contributed by atoms with van der Waals surface area (Å²) < 4.78 is 0. The van der Waals surface area contributed by atoms with E-state index in [0.717, 1.165) is 12.0 Å². The molecule has 0 aromatic heterocycles. The lowest BCUT2D eigenvalue weighted by atomic mass is 10.2. The highest BCUT2D eigenvalue weighted by Crippen LogP contribution is 2.32. The molecule has 1 rings (SSSR count). The van der Waals surface area contributed by atoms with Gasteiger partial charge in [0, 0.05) is 12.6 Å². The lowest BCUT2D eigenvalue weighted by Crippen LogP contribution is -2.40. The lowest BCUT2D eigenvalue weighted by Gasteiger charge is -2.24. The highest BCUT2D eigenvalue weighted by molar-refractivity contribution is 4.87. The fourth-order valence-corrected chi connectivity index (χ4v) is 1.73. The van der Waals surface area contributed by atoms with Crippen LogP contribution >= 0.6 is 0 Å². The minimum absolute atomic E-state index is 0.741. The second kappa shape index (κ2) is 4.83. The largest absolute Gasteiger partial charge is 0.315 e. The number of nitrogens with one attached hydrogen (secondary N) is 1. The van der Waals surface area contributed by atoms with Gasteiger partial charge in [-0.15, -0.1) is 0 Å². The number of hydrogen-bond acceptors (Lipinski definition) is 2. The Morgan fingerprint density at radius 1 is 1.33 bits per heavy atom. The van der Waals surface area contributed by atoms with Crippen molar-refractivity contribution in [3.8, 4) is 0 Å². The van der Waals surface area contributed by atoms with Crippen LogP contribution in [0.15, 0.2) is 0 Å². The summed E-state index contributed by atoms with van der Waals surface area (Å²) in [6.07, 6.45) is 2.87. The van der Waals surface area contributed by atoms with Crippen LogP contribution < -0.4 is 5.32 Å². The van der Waals surface area contributed by atoms with Crippen LogP contribution in [-0.2, 0) is 0 Å². The van der Waals surface area contributed by atoms with Crippen LogP contribution in [0.4, 0.5) is 0 Å². The molecule has 1 aliphatic carbocycles. The van der Waals surface area contributed by atoms with Gasteiger partial charge in [0.05, 0.1) is 0 Å². The Bertz CT molecular complexity index is 117. The van der Waals surface area contributed by atoms with E-state index in [9.17, 15) is 0 Å². The zero-order valence-corrected chi connectivity index (χ0v) is 8.64. The molecule has 0 aliphatic heterocycles. The third-order valence-corrected chi connectivity index (χ3v) is 2.91. The van der Waals surface area contributed by atoms with Crippen LogP contribution in [0.2, 0.25) is 0 Å². The molecule has 2 heteroatoms. The molecule has 72 valence electrons. The molecule has 12 heavy (non-hydrogen) atoms. The van der Waals surface area contributed by atoms with Gasteiger partial charge < -0.3 is 10.2 Å². The van der Waals surface area contributed by atoms with Crippen molar-refractivity contribution in [3.63, 3.8) is 0 Å². The van der Waals surface area contributed by atoms with Crippen LogP contribution in [0.25, 0.3) is 0 Å². The van der Waals surface area contributed by atoms with E-state index in [-0.39, 0.29) is 0 Å². The summed E-state index contributed by atoms with van der Waals surface area (Å²) in [4.78, 5) is 2.50. The highest BCUT2D eigenvalue weighted by Gasteiger charge is 2.30. The van der Waals surface area contributed by atoms with Crippen molar-refractivity contribution in [3.05, 3.63) is 0 Å². The summed E-state index contributed by atoms with van der Waals surface area (Å²) in [5.41, 5.74) is 0. The molecule has 0 saturated heterocycles. The summed E-state index contributed by atoms with van der Waals surface area (Å²) in [6, 6.07) is 0.741. The van der Waals surface area contributed by atoms with E-state index in [1.54, 1.807) is 0 Å². The minimum Gasteiger partial charge on any atom is -0.315 e. The molecule has 1 aliphatic rings. The van der Waals surface area contributed by atoms with Gasteiger partial charge >= 0.3 is 0 Å². The standard InChI is InChI=1S/C10H22N2/c1-4-12(5-2)8-10(11-3)9-6-7-9/h9-11H,4-8H2,1-3H3/t10-/m1/s1. The van der Waals surface area contributed by atoms with Gasteiger partial charge in [-0.2, -0.15) is 0 Å². The molecule has 0 amide bonds. The molecular formula is C10H22N2. The Kier molecular flexibility index (Phi) is 4.02. The first-order chi connectivity index (χ1) is 5.81. The first-order valence-corrected chi connectivity index (χ1v) is 5.21. The molecule has 0 bridgehead atoms. The average molecular weight is 170 g/mol. The maximum absolute atomic E-state index is 3.42. The second-order valence-electron chi connectivity index (χ2n) is 3.72. The van der Waals surface area contributed by atoms with Crippen molar-refractivity contribution in [2.75, 3.05) is 26.7 Å². The molecule has 1 saturated carbocycles. The molecule has 1 atom stereocenters. The normalized spacial score (nSPS) is 20.0. The van der Waals surface area contributed by atoms with Crippen molar-refractivity contribution < 1.29 is 0 Å². The monoisotopic (exact) mass is 170 g/mol. The first-order valence-electron chi connectivity index (χ1n) is 5.21. The van der Waals surface area contributed by atoms with Gasteiger partial charge in [-0.1, -0.05) is 13.8 Å². The maximum Gasteiger partial charge on any atom is 0.0220 e. The SMILES string of the molecule is CCN(CC)C[C@@H](NC)C1CC1. The molecule has 1 fully saturated rings. The van der Waals surface area contributed by atoms with E-state index in [2.05, 4.69) is 31.1 Å². The maximum atomic E-state index is 3.42. The molecule has 0 aromatic rings. The van der Waals surface area contributed by atoms with E-state index in [0.29, 0.717) is 0 Å². The zero-order chi connectivity index (χ0) is 8.97. The summed E-state index contributed by atoms with van der Waals surface area (Å²) in [6.45, 7) is 8.07. The van der Waals surface area contributed by atoms with Gasteiger partial charge in [0.2, 0.25) is 0 Å². The zero-order valence-electron chi connectivity index (χ0n) is 8.64. The Morgan fingerprint density at radius 2 is 1.92 bits per heavy atom. The summed E-state index contributed by atoms with van der Waals surface area (Å²) in [5.74, 6) is 0.968. The molecule has 2 nitrogen and oxygen atoms in total. The molecule has 0 spiro atoms. The highest BCUT2D eigenvalue weighted by atomic mass is 15.1. The van der Waals surface area contributed by atoms with Gasteiger partial charge in [0.15, 0.2) is 0 Å². The topological polar surface area (TPSA) is 15.3 Å². The third-order valence-electron chi connectivity index (χ3n) is 2.91. The lowest BCUT2D eigenvalue weighted by molar-refractivity contribution is 0.257. The van der Waals surface area contributed by atoms with Crippen molar-refractivity contribution in [2.24, 2.45) is 5.92 Å². The van der Waals surface area contributed by atoms with E-state index in [4.69, 9.17) is 0 Å². The van der Waals surface area contributed by atoms with Gasteiger partial charge in [-0.05, 0) is 38.9 Å². The number of likely N-dealkylation sites (N-methyl/N-ethyl adjacent to an activating group) is 2.